The fourth-order valence-electron chi connectivity index (χ4n) is 2.87. The van der Waals surface area contributed by atoms with Gasteiger partial charge in [0.2, 0.25) is 5.91 Å². The average molecular weight is 314 g/mol. The molecule has 1 amide bonds. The highest BCUT2D eigenvalue weighted by atomic mass is 19.4. The molecule has 1 atom stereocenters. The van der Waals surface area contributed by atoms with Crippen LogP contribution in [0.2, 0.25) is 0 Å². The number of alkyl halides is 3. The molecule has 1 saturated heterocycles. The topological polar surface area (TPSA) is 32.3 Å². The van der Waals surface area contributed by atoms with Gasteiger partial charge in [0.15, 0.2) is 0 Å². The van der Waals surface area contributed by atoms with E-state index in [1.165, 1.54) is 12.1 Å². The van der Waals surface area contributed by atoms with E-state index in [2.05, 4.69) is 5.32 Å². The van der Waals surface area contributed by atoms with Crippen LogP contribution in [-0.4, -0.2) is 36.5 Å². The third-order valence-electron chi connectivity index (χ3n) is 3.92. The molecule has 0 spiro atoms. The molecule has 1 aromatic rings. The zero-order valence-electron chi connectivity index (χ0n) is 12.6. The molecule has 1 fully saturated rings. The first-order valence-electron chi connectivity index (χ1n) is 7.58. The minimum Gasteiger partial charge on any atom is -0.338 e. The molecule has 1 N–H and O–H groups in total. The minimum absolute atomic E-state index is 0.0482. The summed E-state index contributed by atoms with van der Waals surface area (Å²) < 4.78 is 39.0. The van der Waals surface area contributed by atoms with E-state index in [4.69, 9.17) is 0 Å². The Morgan fingerprint density at radius 3 is 2.68 bits per heavy atom. The maximum absolute atomic E-state index is 13.0. The maximum atomic E-state index is 13.0. The lowest BCUT2D eigenvalue weighted by atomic mass is 10.0. The molecule has 1 aromatic carbocycles. The predicted octanol–water partition coefficient (Wildman–Crippen LogP) is 2.85. The van der Waals surface area contributed by atoms with Crippen LogP contribution in [0.25, 0.3) is 0 Å². The highest BCUT2D eigenvalue weighted by Gasteiger charge is 2.34. The van der Waals surface area contributed by atoms with Crippen molar-refractivity contribution in [1.82, 2.24) is 10.2 Å². The zero-order valence-corrected chi connectivity index (χ0v) is 12.6. The van der Waals surface area contributed by atoms with Crippen LogP contribution in [0.15, 0.2) is 24.3 Å². The quantitative estimate of drug-likeness (QED) is 0.906. The summed E-state index contributed by atoms with van der Waals surface area (Å²) >= 11 is 0. The van der Waals surface area contributed by atoms with Crippen molar-refractivity contribution >= 4 is 5.91 Å². The number of carbonyl (C=O) groups is 1. The SMILES string of the molecule is CCCN(C(=O)Cc1ccccc1C(F)(F)F)C1CCNC1. The van der Waals surface area contributed by atoms with E-state index in [9.17, 15) is 18.0 Å². The number of hydrogen-bond acceptors (Lipinski definition) is 2. The minimum atomic E-state index is -4.43. The molecule has 22 heavy (non-hydrogen) atoms. The predicted molar refractivity (Wildman–Crippen MR) is 78.4 cm³/mol. The monoisotopic (exact) mass is 314 g/mol. The van der Waals surface area contributed by atoms with Gasteiger partial charge >= 0.3 is 6.18 Å². The molecule has 1 aliphatic rings. The smallest absolute Gasteiger partial charge is 0.338 e. The van der Waals surface area contributed by atoms with Crippen molar-refractivity contribution in [3.63, 3.8) is 0 Å². The largest absolute Gasteiger partial charge is 0.416 e. The summed E-state index contributed by atoms with van der Waals surface area (Å²) in [6.07, 6.45) is -2.98. The molecular formula is C16H21F3N2O. The molecular weight excluding hydrogens is 293 g/mol. The number of benzene rings is 1. The zero-order chi connectivity index (χ0) is 16.2. The second-order valence-corrected chi connectivity index (χ2v) is 5.57. The lowest BCUT2D eigenvalue weighted by Crippen LogP contribution is -2.43. The number of halogens is 3. The molecule has 3 nitrogen and oxygen atoms in total. The summed E-state index contributed by atoms with van der Waals surface area (Å²) in [6.45, 7) is 4.11. The molecule has 122 valence electrons. The summed E-state index contributed by atoms with van der Waals surface area (Å²) in [7, 11) is 0. The fraction of sp³-hybridized carbons (Fsp3) is 0.562. The van der Waals surface area contributed by atoms with Crippen LogP contribution in [-0.2, 0) is 17.4 Å². The Balaban J connectivity index is 2.16. The van der Waals surface area contributed by atoms with Crippen LogP contribution >= 0.6 is 0 Å². The molecule has 0 bridgehead atoms. The summed E-state index contributed by atoms with van der Waals surface area (Å²) in [6, 6.07) is 5.40. The molecule has 6 heteroatoms. The van der Waals surface area contributed by atoms with Gasteiger partial charge in [-0.15, -0.1) is 0 Å². The molecule has 1 unspecified atom stereocenters. The van der Waals surface area contributed by atoms with E-state index >= 15 is 0 Å². The molecule has 0 aliphatic carbocycles. The van der Waals surface area contributed by atoms with Crippen LogP contribution in [0, 0.1) is 0 Å². The van der Waals surface area contributed by atoms with Crippen molar-refractivity contribution in [2.75, 3.05) is 19.6 Å². The second-order valence-electron chi connectivity index (χ2n) is 5.57. The van der Waals surface area contributed by atoms with Gasteiger partial charge in [-0.05, 0) is 31.0 Å². The Kier molecular flexibility index (Phi) is 5.45. The second kappa shape index (κ2) is 7.13. The molecule has 1 heterocycles. The number of nitrogens with zero attached hydrogens (tertiary/aromatic N) is 1. The van der Waals surface area contributed by atoms with Gasteiger partial charge in [0.25, 0.3) is 0 Å². The van der Waals surface area contributed by atoms with Gasteiger partial charge in [0.1, 0.15) is 0 Å². The number of rotatable bonds is 5. The highest BCUT2D eigenvalue weighted by Crippen LogP contribution is 2.32. The normalized spacial score (nSPS) is 18.5. The first kappa shape index (κ1) is 16.8. The molecule has 1 aliphatic heterocycles. The lowest BCUT2D eigenvalue weighted by molar-refractivity contribution is -0.139. The van der Waals surface area contributed by atoms with Gasteiger partial charge in [-0.1, -0.05) is 25.1 Å². The molecule has 0 aromatic heterocycles. The van der Waals surface area contributed by atoms with Gasteiger partial charge in [0, 0.05) is 19.1 Å². The van der Waals surface area contributed by atoms with Crippen LogP contribution in [0.5, 0.6) is 0 Å². The Morgan fingerprint density at radius 2 is 2.09 bits per heavy atom. The van der Waals surface area contributed by atoms with Crippen LogP contribution in [0.4, 0.5) is 13.2 Å². The summed E-state index contributed by atoms with van der Waals surface area (Å²) in [5, 5.41) is 3.19. The first-order valence-corrected chi connectivity index (χ1v) is 7.58. The van der Waals surface area contributed by atoms with E-state index in [0.29, 0.717) is 13.1 Å². The van der Waals surface area contributed by atoms with Crippen molar-refractivity contribution in [1.29, 1.82) is 0 Å². The average Bonchev–Trinajstić information content (AvgIpc) is 2.98. The van der Waals surface area contributed by atoms with Gasteiger partial charge < -0.3 is 10.2 Å². The molecule has 0 saturated carbocycles. The molecule has 0 radical (unpaired) electrons. The Morgan fingerprint density at radius 1 is 1.36 bits per heavy atom. The third kappa shape index (κ3) is 4.00. The number of nitrogens with one attached hydrogen (secondary N) is 1. The van der Waals surface area contributed by atoms with Gasteiger partial charge in [-0.3, -0.25) is 4.79 Å². The number of amides is 1. The fourth-order valence-corrected chi connectivity index (χ4v) is 2.87. The number of hydrogen-bond donors (Lipinski definition) is 1. The Bertz CT molecular complexity index is 510. The van der Waals surface area contributed by atoms with Crippen molar-refractivity contribution in [2.45, 2.75) is 38.4 Å². The van der Waals surface area contributed by atoms with E-state index in [1.54, 1.807) is 11.0 Å². The summed E-state index contributed by atoms with van der Waals surface area (Å²) in [4.78, 5) is 14.2. The van der Waals surface area contributed by atoms with E-state index in [-0.39, 0.29) is 23.9 Å². The standard InChI is InChI=1S/C16H21F3N2O/c1-2-9-21(13-7-8-20-11-13)15(22)10-12-5-3-4-6-14(12)16(17,18)19/h3-6,13,20H,2,7-11H2,1H3. The van der Waals surface area contributed by atoms with Crippen LogP contribution in [0.1, 0.15) is 30.9 Å². The summed E-state index contributed by atoms with van der Waals surface area (Å²) in [5.41, 5.74) is -0.670. The van der Waals surface area contributed by atoms with Gasteiger partial charge in [0.05, 0.1) is 12.0 Å². The maximum Gasteiger partial charge on any atom is 0.416 e. The van der Waals surface area contributed by atoms with Crippen LogP contribution < -0.4 is 5.32 Å². The van der Waals surface area contributed by atoms with Gasteiger partial charge in [-0.2, -0.15) is 13.2 Å². The van der Waals surface area contributed by atoms with Crippen molar-refractivity contribution < 1.29 is 18.0 Å². The third-order valence-corrected chi connectivity index (χ3v) is 3.92. The van der Waals surface area contributed by atoms with Crippen molar-refractivity contribution in [2.24, 2.45) is 0 Å². The lowest BCUT2D eigenvalue weighted by Gasteiger charge is -2.28. The van der Waals surface area contributed by atoms with Crippen LogP contribution in [0.3, 0.4) is 0 Å². The summed E-state index contributed by atoms with van der Waals surface area (Å²) in [5.74, 6) is -0.229. The Hall–Kier alpha value is -1.56. The van der Waals surface area contributed by atoms with Crippen molar-refractivity contribution in [3.05, 3.63) is 35.4 Å². The van der Waals surface area contributed by atoms with E-state index < -0.39 is 11.7 Å². The number of carbonyl (C=O) groups excluding carboxylic acids is 1. The van der Waals surface area contributed by atoms with E-state index in [0.717, 1.165) is 25.5 Å². The van der Waals surface area contributed by atoms with E-state index in [1.807, 2.05) is 6.92 Å². The van der Waals surface area contributed by atoms with Crippen molar-refractivity contribution in [3.8, 4) is 0 Å². The molecule has 2 rings (SSSR count). The first-order chi connectivity index (χ1) is 10.4. The Labute approximate surface area is 128 Å². The van der Waals surface area contributed by atoms with Gasteiger partial charge in [-0.25, -0.2) is 0 Å². The highest BCUT2D eigenvalue weighted by molar-refractivity contribution is 5.79.